The summed E-state index contributed by atoms with van der Waals surface area (Å²) >= 11 is 0. The van der Waals surface area contributed by atoms with Crippen LogP contribution in [0.1, 0.15) is 71.6 Å². The molecule has 2 fully saturated rings. The lowest BCUT2D eigenvalue weighted by Crippen LogP contribution is -2.26. The fourth-order valence-corrected chi connectivity index (χ4v) is 3.08. The minimum absolute atomic E-state index is 1.25. The number of hydrogen-bond acceptors (Lipinski definition) is 2. The molecule has 0 N–H and O–H groups in total. The van der Waals surface area contributed by atoms with Crippen molar-refractivity contribution < 1.29 is 0 Å². The van der Waals surface area contributed by atoms with Crippen LogP contribution in [0.25, 0.3) is 0 Å². The zero-order chi connectivity index (χ0) is 13.8. The Balaban J connectivity index is 0.000000191. The lowest BCUT2D eigenvalue weighted by molar-refractivity contribution is 0.259. The lowest BCUT2D eigenvalue weighted by Gasteiger charge is -2.22. The smallest absolute Gasteiger partial charge is 0.00189 e. The number of nitrogens with zero attached hydrogens (tertiary/aromatic N) is 2. The van der Waals surface area contributed by atoms with E-state index in [0.29, 0.717) is 0 Å². The molecule has 0 aromatic rings. The molecule has 0 saturated carbocycles. The normalized spacial score (nSPS) is 23.7. The van der Waals surface area contributed by atoms with Crippen LogP contribution in [0.5, 0.6) is 0 Å². The molecule has 0 radical (unpaired) electrons. The van der Waals surface area contributed by atoms with Crippen LogP contribution < -0.4 is 0 Å². The summed E-state index contributed by atoms with van der Waals surface area (Å²) in [5.41, 5.74) is 0. The van der Waals surface area contributed by atoms with Crippen molar-refractivity contribution in [3.63, 3.8) is 0 Å². The van der Waals surface area contributed by atoms with Crippen molar-refractivity contribution in [2.24, 2.45) is 0 Å². The first-order chi connectivity index (χ1) is 9.36. The molecule has 2 rings (SSSR count). The third-order valence-electron chi connectivity index (χ3n) is 4.54. The van der Waals surface area contributed by atoms with Crippen molar-refractivity contribution in [1.82, 2.24) is 9.80 Å². The maximum Gasteiger partial charge on any atom is -0.00189 e. The molecule has 0 aliphatic carbocycles. The van der Waals surface area contributed by atoms with Gasteiger partial charge in [0, 0.05) is 0 Å². The van der Waals surface area contributed by atoms with Crippen LogP contribution >= 0.6 is 0 Å². The minimum atomic E-state index is 1.25. The average Bonchev–Trinajstić information content (AvgIpc) is 2.67. The van der Waals surface area contributed by atoms with Gasteiger partial charge >= 0.3 is 0 Å². The number of likely N-dealkylation sites (tertiary alicyclic amines) is 2. The maximum absolute atomic E-state index is 2.57. The van der Waals surface area contributed by atoms with Gasteiger partial charge in [0.25, 0.3) is 0 Å². The summed E-state index contributed by atoms with van der Waals surface area (Å²) in [6.07, 6.45) is 13.0. The molecule has 0 aromatic heterocycles. The minimum Gasteiger partial charge on any atom is -0.304 e. The largest absolute Gasteiger partial charge is 0.304 e. The monoisotopic (exact) mass is 268 g/mol. The van der Waals surface area contributed by atoms with E-state index in [1.54, 1.807) is 0 Å². The highest BCUT2D eigenvalue weighted by molar-refractivity contribution is 4.61. The molecule has 0 unspecified atom stereocenters. The summed E-state index contributed by atoms with van der Waals surface area (Å²) < 4.78 is 0. The summed E-state index contributed by atoms with van der Waals surface area (Å²) in [6, 6.07) is 0. The summed E-state index contributed by atoms with van der Waals surface area (Å²) in [6.45, 7) is 12.4. The first-order valence-corrected chi connectivity index (χ1v) is 8.81. The van der Waals surface area contributed by atoms with E-state index in [1.165, 1.54) is 97.1 Å². The highest BCUT2D eigenvalue weighted by atomic mass is 15.1. The second kappa shape index (κ2) is 11.7. The second-order valence-corrected chi connectivity index (χ2v) is 6.05. The summed E-state index contributed by atoms with van der Waals surface area (Å²) in [5, 5.41) is 0. The Labute approximate surface area is 121 Å². The van der Waals surface area contributed by atoms with E-state index in [9.17, 15) is 0 Å². The van der Waals surface area contributed by atoms with Crippen LogP contribution in [0.3, 0.4) is 0 Å². The van der Waals surface area contributed by atoms with Gasteiger partial charge < -0.3 is 9.80 Å². The van der Waals surface area contributed by atoms with Crippen molar-refractivity contribution in [1.29, 1.82) is 0 Å². The van der Waals surface area contributed by atoms with Gasteiger partial charge in [0.15, 0.2) is 0 Å². The maximum atomic E-state index is 2.57. The van der Waals surface area contributed by atoms with Crippen LogP contribution in [-0.2, 0) is 0 Å². The standard InChI is InChI=1S/C9H19N.C8H17N/c1-2-10-8-6-4-3-5-7-9-10;1-2-9-7-5-3-4-6-8-9/h2-9H2,1H3;2-8H2,1H3. The molecule has 0 spiro atoms. The van der Waals surface area contributed by atoms with Gasteiger partial charge in [0.1, 0.15) is 0 Å². The molecule has 0 atom stereocenters. The van der Waals surface area contributed by atoms with Crippen LogP contribution in [0, 0.1) is 0 Å². The highest BCUT2D eigenvalue weighted by Crippen LogP contribution is 2.09. The van der Waals surface area contributed by atoms with Crippen molar-refractivity contribution in [2.45, 2.75) is 71.6 Å². The molecule has 2 heterocycles. The van der Waals surface area contributed by atoms with Gasteiger partial charge in [0.05, 0.1) is 0 Å². The van der Waals surface area contributed by atoms with Gasteiger partial charge in [-0.1, -0.05) is 46.0 Å². The molecular weight excluding hydrogens is 232 g/mol. The molecule has 0 aromatic carbocycles. The van der Waals surface area contributed by atoms with Gasteiger partial charge in [-0.15, -0.1) is 0 Å². The van der Waals surface area contributed by atoms with E-state index in [1.807, 2.05) is 0 Å². The molecule has 114 valence electrons. The fraction of sp³-hybridized carbons (Fsp3) is 1.00. The first-order valence-electron chi connectivity index (χ1n) is 8.81. The van der Waals surface area contributed by atoms with Gasteiger partial charge in [-0.3, -0.25) is 0 Å². The van der Waals surface area contributed by atoms with E-state index < -0.39 is 0 Å². The summed E-state index contributed by atoms with van der Waals surface area (Å²) in [4.78, 5) is 5.12. The lowest BCUT2D eigenvalue weighted by atomic mass is 10.1. The van der Waals surface area contributed by atoms with E-state index in [-0.39, 0.29) is 0 Å². The Morgan fingerprint density at radius 1 is 0.474 bits per heavy atom. The van der Waals surface area contributed by atoms with Crippen LogP contribution in [-0.4, -0.2) is 49.1 Å². The Kier molecular flexibility index (Phi) is 10.5. The Morgan fingerprint density at radius 3 is 1.00 bits per heavy atom. The van der Waals surface area contributed by atoms with E-state index in [2.05, 4.69) is 23.6 Å². The van der Waals surface area contributed by atoms with Crippen molar-refractivity contribution in [2.75, 3.05) is 39.3 Å². The van der Waals surface area contributed by atoms with Crippen molar-refractivity contribution in [3.05, 3.63) is 0 Å². The zero-order valence-electron chi connectivity index (χ0n) is 13.5. The predicted molar refractivity (Wildman–Crippen MR) is 85.8 cm³/mol. The topological polar surface area (TPSA) is 6.48 Å². The molecule has 0 bridgehead atoms. The SMILES string of the molecule is CCN1CCCCCC1.CCN1CCCCCCC1. The molecule has 2 heteroatoms. The number of hydrogen-bond donors (Lipinski definition) is 0. The van der Waals surface area contributed by atoms with Crippen molar-refractivity contribution in [3.8, 4) is 0 Å². The quantitative estimate of drug-likeness (QED) is 0.742. The third-order valence-corrected chi connectivity index (χ3v) is 4.54. The third kappa shape index (κ3) is 8.65. The van der Waals surface area contributed by atoms with E-state index in [4.69, 9.17) is 0 Å². The van der Waals surface area contributed by atoms with Crippen LogP contribution in [0.15, 0.2) is 0 Å². The fourth-order valence-electron chi connectivity index (χ4n) is 3.08. The molecule has 0 amide bonds. The Hall–Kier alpha value is -0.0800. The van der Waals surface area contributed by atoms with Gasteiger partial charge in [0.2, 0.25) is 0 Å². The molecule has 2 aliphatic rings. The summed E-state index contributed by atoms with van der Waals surface area (Å²) in [7, 11) is 0. The molecule has 2 saturated heterocycles. The van der Waals surface area contributed by atoms with E-state index in [0.717, 1.165) is 0 Å². The number of rotatable bonds is 2. The second-order valence-electron chi connectivity index (χ2n) is 6.05. The first kappa shape index (κ1) is 17.0. The van der Waals surface area contributed by atoms with Crippen molar-refractivity contribution >= 4 is 0 Å². The summed E-state index contributed by atoms with van der Waals surface area (Å²) in [5.74, 6) is 0. The molecular formula is C17H36N2. The zero-order valence-corrected chi connectivity index (χ0v) is 13.5. The predicted octanol–water partition coefficient (Wildman–Crippen LogP) is 4.15. The van der Waals surface area contributed by atoms with Gasteiger partial charge in [-0.25, -0.2) is 0 Å². The Bertz CT molecular complexity index is 178. The molecule has 2 nitrogen and oxygen atoms in total. The van der Waals surface area contributed by atoms with Crippen LogP contribution in [0.4, 0.5) is 0 Å². The molecule has 19 heavy (non-hydrogen) atoms. The Morgan fingerprint density at radius 2 is 0.737 bits per heavy atom. The van der Waals surface area contributed by atoms with E-state index >= 15 is 0 Å². The van der Waals surface area contributed by atoms with Gasteiger partial charge in [-0.05, 0) is 65.0 Å². The molecule has 2 aliphatic heterocycles. The van der Waals surface area contributed by atoms with Gasteiger partial charge in [-0.2, -0.15) is 0 Å². The van der Waals surface area contributed by atoms with Crippen LogP contribution in [0.2, 0.25) is 0 Å². The average molecular weight is 268 g/mol. The highest BCUT2D eigenvalue weighted by Gasteiger charge is 2.05.